The number of likely N-dealkylation sites (tertiary alicyclic amines) is 1. The Morgan fingerprint density at radius 2 is 1.79 bits per heavy atom. The van der Waals surface area contributed by atoms with Gasteiger partial charge in [0.05, 0.1) is 24.4 Å². The molecule has 29 heavy (non-hydrogen) atoms. The Morgan fingerprint density at radius 1 is 1.10 bits per heavy atom. The molecule has 7 nitrogen and oxygen atoms in total. The Labute approximate surface area is 173 Å². The molecule has 152 valence electrons. The number of piperidine rings is 1. The number of esters is 1. The van der Waals surface area contributed by atoms with Crippen LogP contribution in [0.15, 0.2) is 54.6 Å². The lowest BCUT2D eigenvalue weighted by molar-refractivity contribution is -0.151. The summed E-state index contributed by atoms with van der Waals surface area (Å²) in [6.45, 7) is 0.124. The van der Waals surface area contributed by atoms with E-state index in [0.29, 0.717) is 16.4 Å². The number of ether oxygens (including phenoxy) is 1. The van der Waals surface area contributed by atoms with Crippen molar-refractivity contribution in [3.63, 3.8) is 0 Å². The number of hydrogen-bond acceptors (Lipinski definition) is 4. The molecule has 2 amide bonds. The molecule has 2 aromatic carbocycles. The van der Waals surface area contributed by atoms with E-state index in [0.717, 1.165) is 0 Å². The van der Waals surface area contributed by atoms with Crippen LogP contribution < -0.4 is 4.90 Å². The Morgan fingerprint density at radius 3 is 2.41 bits per heavy atom. The number of para-hydroxylation sites is 1. The zero-order chi connectivity index (χ0) is 21.0. The van der Waals surface area contributed by atoms with E-state index >= 15 is 0 Å². The van der Waals surface area contributed by atoms with Crippen LogP contribution in [-0.4, -0.2) is 47.7 Å². The van der Waals surface area contributed by atoms with E-state index in [1.807, 2.05) is 6.07 Å². The van der Waals surface area contributed by atoms with E-state index in [9.17, 15) is 19.5 Å². The number of aliphatic carboxylic acids is 1. The highest BCUT2D eigenvalue weighted by atomic mass is 35.5. The molecule has 0 spiro atoms. The van der Waals surface area contributed by atoms with E-state index in [-0.39, 0.29) is 19.4 Å². The predicted molar refractivity (Wildman–Crippen MR) is 108 cm³/mol. The number of urea groups is 1. The van der Waals surface area contributed by atoms with Gasteiger partial charge in [0.25, 0.3) is 0 Å². The highest BCUT2D eigenvalue weighted by molar-refractivity contribution is 6.31. The van der Waals surface area contributed by atoms with Crippen LogP contribution in [0.4, 0.5) is 16.2 Å². The van der Waals surface area contributed by atoms with E-state index in [4.69, 9.17) is 16.3 Å². The summed E-state index contributed by atoms with van der Waals surface area (Å²) in [7, 11) is 1.22. The fraction of sp³-hybridized carbons (Fsp3) is 0.286. The molecular formula is C21H21ClN2O5. The molecular weight excluding hydrogens is 396 g/mol. The third-order valence-electron chi connectivity index (χ3n) is 4.94. The van der Waals surface area contributed by atoms with Gasteiger partial charge in [-0.1, -0.05) is 35.9 Å². The average Bonchev–Trinajstić information content (AvgIpc) is 2.73. The molecule has 0 aliphatic carbocycles. The van der Waals surface area contributed by atoms with Crippen molar-refractivity contribution in [3.05, 3.63) is 59.6 Å². The summed E-state index contributed by atoms with van der Waals surface area (Å²) in [4.78, 5) is 40.2. The fourth-order valence-electron chi connectivity index (χ4n) is 3.47. The topological polar surface area (TPSA) is 87.1 Å². The zero-order valence-corrected chi connectivity index (χ0v) is 16.6. The summed E-state index contributed by atoms with van der Waals surface area (Å²) in [5.74, 6) is -2.33. The number of amides is 2. The van der Waals surface area contributed by atoms with Gasteiger partial charge >= 0.3 is 18.0 Å². The largest absolute Gasteiger partial charge is 0.481 e. The van der Waals surface area contributed by atoms with Gasteiger partial charge in [-0.3, -0.25) is 9.69 Å². The van der Waals surface area contributed by atoms with Crippen LogP contribution in [0.1, 0.15) is 12.8 Å². The monoisotopic (exact) mass is 416 g/mol. The number of nitrogens with zero attached hydrogens (tertiary/aromatic N) is 2. The second-order valence-corrected chi connectivity index (χ2v) is 7.16. The molecule has 0 radical (unpaired) electrons. The SMILES string of the molecule is COC(=O)[C@@H]1C[C@@H](C(=O)O)CCN1C(=O)N(c1ccccc1)c1cccc(Cl)c1. The van der Waals surface area contributed by atoms with Crippen molar-refractivity contribution in [2.24, 2.45) is 5.92 Å². The van der Waals surface area contributed by atoms with Crippen LogP contribution in [0, 0.1) is 5.92 Å². The van der Waals surface area contributed by atoms with Crippen LogP contribution in [0.5, 0.6) is 0 Å². The predicted octanol–water partition coefficient (Wildman–Crippen LogP) is 3.94. The first-order chi connectivity index (χ1) is 13.9. The lowest BCUT2D eigenvalue weighted by atomic mass is 9.91. The summed E-state index contributed by atoms with van der Waals surface area (Å²) in [5, 5.41) is 9.81. The number of anilines is 2. The zero-order valence-electron chi connectivity index (χ0n) is 15.8. The maximum absolute atomic E-state index is 13.6. The summed E-state index contributed by atoms with van der Waals surface area (Å²) in [5.41, 5.74) is 1.14. The van der Waals surface area contributed by atoms with Gasteiger partial charge in [0, 0.05) is 11.6 Å². The summed E-state index contributed by atoms with van der Waals surface area (Å²) in [6, 6.07) is 14.4. The number of hydrogen-bond donors (Lipinski definition) is 1. The highest BCUT2D eigenvalue weighted by Crippen LogP contribution is 2.32. The van der Waals surface area contributed by atoms with Crippen LogP contribution in [0.3, 0.4) is 0 Å². The van der Waals surface area contributed by atoms with Gasteiger partial charge < -0.3 is 14.7 Å². The standard InChI is InChI=1S/C21H21ClN2O5/c1-29-20(27)18-12-14(19(25)26)10-11-23(18)21(28)24(16-7-3-2-4-8-16)17-9-5-6-15(22)13-17/h2-9,13-14,18H,10-12H2,1H3,(H,25,26)/t14-,18-/m0/s1. The van der Waals surface area contributed by atoms with Crippen LogP contribution in [0.25, 0.3) is 0 Å². The van der Waals surface area contributed by atoms with E-state index in [1.54, 1.807) is 48.5 Å². The number of carbonyl (C=O) groups is 3. The first-order valence-corrected chi connectivity index (χ1v) is 9.52. The number of rotatable bonds is 4. The molecule has 0 bridgehead atoms. The molecule has 1 aliphatic heterocycles. The maximum atomic E-state index is 13.6. The van der Waals surface area contributed by atoms with Crippen molar-refractivity contribution in [1.29, 1.82) is 0 Å². The minimum Gasteiger partial charge on any atom is -0.481 e. The highest BCUT2D eigenvalue weighted by Gasteiger charge is 2.41. The Kier molecular flexibility index (Phi) is 6.39. The smallest absolute Gasteiger partial charge is 0.329 e. The van der Waals surface area contributed by atoms with E-state index in [1.165, 1.54) is 16.9 Å². The van der Waals surface area contributed by atoms with Crippen molar-refractivity contribution >= 4 is 40.9 Å². The number of carboxylic acid groups (broad SMARTS) is 1. The second kappa shape index (κ2) is 8.96. The molecule has 0 aromatic heterocycles. The Balaban J connectivity index is 2.00. The minimum absolute atomic E-state index is 0.00588. The molecule has 1 heterocycles. The quantitative estimate of drug-likeness (QED) is 0.763. The van der Waals surface area contributed by atoms with Gasteiger partial charge in [0.15, 0.2) is 0 Å². The minimum atomic E-state index is -0.985. The van der Waals surface area contributed by atoms with Crippen molar-refractivity contribution in [2.75, 3.05) is 18.6 Å². The molecule has 1 fully saturated rings. The molecule has 2 aromatic rings. The Bertz CT molecular complexity index is 905. The van der Waals surface area contributed by atoms with Gasteiger partial charge in [-0.15, -0.1) is 0 Å². The lowest BCUT2D eigenvalue weighted by Crippen LogP contribution is -2.55. The molecule has 8 heteroatoms. The summed E-state index contributed by atoms with van der Waals surface area (Å²) < 4.78 is 4.84. The molecule has 0 saturated carbocycles. The second-order valence-electron chi connectivity index (χ2n) is 6.73. The molecule has 1 aliphatic rings. The third-order valence-corrected chi connectivity index (χ3v) is 5.18. The van der Waals surface area contributed by atoms with Crippen molar-refractivity contribution in [3.8, 4) is 0 Å². The number of carbonyl (C=O) groups excluding carboxylic acids is 2. The van der Waals surface area contributed by atoms with Crippen molar-refractivity contribution < 1.29 is 24.2 Å². The van der Waals surface area contributed by atoms with Crippen molar-refractivity contribution in [1.82, 2.24) is 4.90 Å². The molecule has 1 saturated heterocycles. The number of benzene rings is 2. The molecule has 2 atom stereocenters. The third kappa shape index (κ3) is 4.51. The number of methoxy groups -OCH3 is 1. The van der Waals surface area contributed by atoms with Crippen LogP contribution in [-0.2, 0) is 14.3 Å². The summed E-state index contributed by atoms with van der Waals surface area (Å²) in [6.07, 6.45) is 0.263. The van der Waals surface area contributed by atoms with Gasteiger partial charge in [-0.2, -0.15) is 0 Å². The molecule has 1 N–H and O–H groups in total. The Hall–Kier alpha value is -3.06. The number of halogens is 1. The average molecular weight is 417 g/mol. The van der Waals surface area contributed by atoms with Crippen LogP contribution >= 0.6 is 11.6 Å². The lowest BCUT2D eigenvalue weighted by Gasteiger charge is -2.39. The molecule has 0 unspecified atom stereocenters. The van der Waals surface area contributed by atoms with Gasteiger partial charge in [-0.25, -0.2) is 9.59 Å². The van der Waals surface area contributed by atoms with Gasteiger partial charge in [0.1, 0.15) is 6.04 Å². The van der Waals surface area contributed by atoms with Gasteiger partial charge in [0.2, 0.25) is 0 Å². The first kappa shape index (κ1) is 20.7. The van der Waals surface area contributed by atoms with Crippen LogP contribution in [0.2, 0.25) is 5.02 Å². The van der Waals surface area contributed by atoms with Crippen molar-refractivity contribution in [2.45, 2.75) is 18.9 Å². The first-order valence-electron chi connectivity index (χ1n) is 9.14. The van der Waals surface area contributed by atoms with E-state index < -0.39 is 29.9 Å². The number of carboxylic acids is 1. The van der Waals surface area contributed by atoms with E-state index in [2.05, 4.69) is 0 Å². The molecule has 3 rings (SSSR count). The van der Waals surface area contributed by atoms with Gasteiger partial charge in [-0.05, 0) is 43.2 Å². The fourth-order valence-corrected chi connectivity index (χ4v) is 3.65. The maximum Gasteiger partial charge on any atom is 0.329 e. The normalized spacial score (nSPS) is 18.8. The summed E-state index contributed by atoms with van der Waals surface area (Å²) >= 11 is 6.13.